The van der Waals surface area contributed by atoms with E-state index in [0.717, 1.165) is 55.7 Å². The third-order valence-electron chi connectivity index (χ3n) is 23.3. The van der Waals surface area contributed by atoms with Crippen molar-refractivity contribution in [1.82, 2.24) is 107 Å². The lowest BCUT2D eigenvalue weighted by atomic mass is 10.0. The van der Waals surface area contributed by atoms with Crippen molar-refractivity contribution in [3.8, 4) is 11.1 Å². The molecule has 66 heteroatoms. The van der Waals surface area contributed by atoms with E-state index in [4.69, 9.17) is 107 Å². The summed E-state index contributed by atoms with van der Waals surface area (Å²) in [5, 5.41) is 11.1. The van der Waals surface area contributed by atoms with Crippen molar-refractivity contribution in [3.05, 3.63) is 172 Å². The minimum absolute atomic E-state index is 0.00237. The fraction of sp³-hybridized carbons (Fsp3) is 0.438. The molecular weight excluding hydrogens is 1950 g/mol. The number of hydrogen-bond donors (Lipinski definition) is 16. The van der Waals surface area contributed by atoms with Crippen molar-refractivity contribution in [3.63, 3.8) is 0 Å². The second-order valence-corrected chi connectivity index (χ2v) is 39.5. The molecule has 6 fully saturated rings. The number of nitrogens with zero attached hydrogens (tertiary/aromatic N) is 17. The Labute approximate surface area is 773 Å². The molecule has 0 spiro atoms. The topological polar surface area (TPSA) is 846 Å². The molecule has 6 saturated heterocycles. The first-order valence-corrected chi connectivity index (χ1v) is 49.5. The summed E-state index contributed by atoms with van der Waals surface area (Å²) in [7, 11) is -27.7. The largest absolute Gasteiger partial charge is 0.472 e. The Hall–Kier alpha value is -11.7. The summed E-state index contributed by atoms with van der Waals surface area (Å²) in [6.45, 7) is -3.99. The Bertz CT molecular complexity index is 7500. The van der Waals surface area contributed by atoms with Crippen LogP contribution in [0.15, 0.2) is 128 Å². The van der Waals surface area contributed by atoms with Gasteiger partial charge in [0.1, 0.15) is 116 Å². The molecule has 0 radical (unpaired) electrons. The van der Waals surface area contributed by atoms with Gasteiger partial charge in [0, 0.05) is 50.3 Å². The number of nitrogens with one attached hydrogen (secondary N) is 5. The van der Waals surface area contributed by atoms with E-state index in [1.807, 2.05) is 48.5 Å². The number of hydrogen-bond acceptors (Lipinski definition) is 45. The van der Waals surface area contributed by atoms with Gasteiger partial charge in [-0.25, -0.2) is 62.5 Å². The number of rotatable bonds is 36. The molecule has 21 N–H and O–H groups in total. The number of imidazole rings is 5. The average molecular weight is 2040 g/mol. The molecule has 740 valence electrons. The maximum absolute atomic E-state index is 14.8. The quantitative estimate of drug-likeness (QED) is 0.0239. The number of anilines is 5. The predicted octanol–water partition coefficient (Wildman–Crippen LogP) is 0.609. The molecule has 6 aliphatic rings. The van der Waals surface area contributed by atoms with Crippen LogP contribution in [0.2, 0.25) is 0 Å². The highest BCUT2D eigenvalue weighted by molar-refractivity contribution is 7.48. The second kappa shape index (κ2) is 38.4. The molecule has 19 rings (SSSR count). The van der Waals surface area contributed by atoms with Crippen LogP contribution in [-0.2, 0) is 108 Å². The number of ether oxygens (including phenoxy) is 7. The third-order valence-corrected chi connectivity index (χ3v) is 28.4. The zero-order chi connectivity index (χ0) is 97.6. The van der Waals surface area contributed by atoms with E-state index >= 15 is 0 Å². The van der Waals surface area contributed by atoms with Crippen molar-refractivity contribution in [2.45, 2.75) is 163 Å². The van der Waals surface area contributed by atoms with Gasteiger partial charge in [-0.15, -0.1) is 0 Å². The van der Waals surface area contributed by atoms with Crippen molar-refractivity contribution in [2.75, 3.05) is 68.3 Å². The maximum Gasteiger partial charge on any atom is 0.472 e. The van der Waals surface area contributed by atoms with Gasteiger partial charge in [-0.05, 0) is 23.6 Å². The summed E-state index contributed by atoms with van der Waals surface area (Å²) in [5.41, 5.74) is 26.4. The average Bonchev–Trinajstić information content (AvgIpc) is 1.33. The molecule has 6 aliphatic heterocycles. The Morgan fingerprint density at radius 1 is 0.374 bits per heavy atom. The summed E-state index contributed by atoms with van der Waals surface area (Å²) in [4.78, 5) is 193. The number of fused-ring (bicyclic) bond motifs is 5. The number of aliphatic hydroxyl groups is 1. The standard InChI is InChI=1S/C73H84N27O34P5/c1-31-17-95(73(107)94-64(31)102)48-12-36(42(125-48)19-118-18-33-9-5-6-10-34(33)32-7-3-2-4-8-32)130-136(110,111)120-22-44-38(14-50(127-44)98-28-83-55-61(98)87-70(76)91-66(55)104)133-138(114,115)122-24-46-40(16-52(129-46)100-30-85-57-63(100)89-72(78)93-68(57)106)134-139(116,117)123-23-45-39(15-51(128-45)99-29-84-56-62(99)88-71(77)92-67(56)105)132-137(112,113)121-21-43-37(13-49(126-43)96-26-81-53-58(74)79-25-80-59(53)96)131-135(108,109)119-20-41-35(101)11-47(124-41)97-27-82-54-60(97)86-69(75)90-65(54)103/h2-10,17,25-30,35-52,101H,11-16,18-24H2,1H3,(H,108,109)(H,110,111)(H,112,113)(H,114,115)(H,116,117)(H2,74,79,80)(H,94,102,107)(H3,75,86,90,103)(H3,76,87,91,104)(H3,77,88,92,105)(H3,78,89,93,106)/t35-,36-,37-,38-,39-,40-,41+,42+,43+,44+,45+,46+,47+,48+,49+,50+,51+,52+/m0/s1. The van der Waals surface area contributed by atoms with Crippen LogP contribution in [0, 0.1) is 6.92 Å². The monoisotopic (exact) mass is 2040 g/mol. The number of aliphatic hydroxyl groups excluding tert-OH is 1. The summed E-state index contributed by atoms with van der Waals surface area (Å²) >= 11 is 0. The molecule has 0 aliphatic carbocycles. The highest BCUT2D eigenvalue weighted by Crippen LogP contribution is 2.57. The smallest absolute Gasteiger partial charge is 0.390 e. The SMILES string of the molecule is Cc1cn([C@H]2C[C@H](OP(=O)(O)OC[C@H]3O[C@@H](n4cnc5c(=O)[nH]c(N)nc54)C[C@@H]3OP(=O)(O)OC[C@H]3O[C@@H](n4cnc5c(=O)[nH]c(N)nc54)C[C@@H]3OP(=O)(O)OC[C@H]3O[C@@H](n4cnc5c(=O)[nH]c(N)nc54)C[C@@H]3OP(=O)(O)OC[C@H]3O[C@@H](n4cnc5c(N)ncnc54)C[C@@H]3OP(=O)(O)OC[C@H]3O[C@@H](n4cnc5c(=O)[nH]c(N)nc54)C[C@@H]3O)[C@@H](COCc3ccccc3-c3ccccc3)O2)c(=O)[nH]c1=O. The van der Waals surface area contributed by atoms with E-state index in [1.165, 1.54) is 39.5 Å². The summed E-state index contributed by atoms with van der Waals surface area (Å²) < 4.78 is 180. The predicted molar refractivity (Wildman–Crippen MR) is 468 cm³/mol. The van der Waals surface area contributed by atoms with Gasteiger partial charge < -0.3 is 91.4 Å². The Kier molecular flexibility index (Phi) is 26.6. The van der Waals surface area contributed by atoms with Crippen molar-refractivity contribution >= 4 is 125 Å². The first kappa shape index (κ1) is 96.2. The van der Waals surface area contributed by atoms with E-state index in [9.17, 15) is 81.2 Å². The van der Waals surface area contributed by atoms with Gasteiger partial charge in [-0.3, -0.25) is 122 Å². The molecular formula is C73H84N27O34P5. The number of nitrogen functional groups attached to an aromatic ring is 5. The maximum atomic E-state index is 14.8. The minimum Gasteiger partial charge on any atom is -0.390 e. The molecule has 17 heterocycles. The minimum atomic E-state index is -5.70. The zero-order valence-corrected chi connectivity index (χ0v) is 76.1. The molecule has 13 aromatic rings. The van der Waals surface area contributed by atoms with Crippen LogP contribution in [0.5, 0.6) is 0 Å². The number of phosphoric ester groups is 5. The fourth-order valence-corrected chi connectivity index (χ4v) is 21.7. The normalized spacial score (nSPS) is 27.3. The molecule has 0 bridgehead atoms. The number of benzene rings is 2. The van der Waals surface area contributed by atoms with Crippen molar-refractivity contribution in [1.29, 1.82) is 0 Å². The highest BCUT2D eigenvalue weighted by atomic mass is 31.2. The first-order chi connectivity index (χ1) is 66.3. The zero-order valence-electron chi connectivity index (χ0n) is 71.7. The first-order valence-electron chi connectivity index (χ1n) is 42.0. The lowest BCUT2D eigenvalue weighted by molar-refractivity contribution is -0.0711. The van der Waals surface area contributed by atoms with Gasteiger partial charge in [0.2, 0.25) is 23.8 Å². The molecule has 0 amide bonds. The van der Waals surface area contributed by atoms with Gasteiger partial charge in [0.05, 0.1) is 84.0 Å². The Balaban J connectivity index is 0.551. The van der Waals surface area contributed by atoms with Crippen LogP contribution in [0.4, 0.5) is 29.6 Å². The lowest BCUT2D eigenvalue weighted by Crippen LogP contribution is -2.33. The van der Waals surface area contributed by atoms with Gasteiger partial charge in [0.15, 0.2) is 56.1 Å². The number of aromatic amines is 5. The lowest BCUT2D eigenvalue weighted by Gasteiger charge is -2.26. The van der Waals surface area contributed by atoms with Gasteiger partial charge in [-0.2, -0.15) is 19.9 Å². The molecule has 23 atom stereocenters. The summed E-state index contributed by atoms with van der Waals surface area (Å²) in [6.07, 6.45) is -21.3. The molecule has 139 heavy (non-hydrogen) atoms. The molecule has 2 aromatic carbocycles. The van der Waals surface area contributed by atoms with Crippen molar-refractivity contribution < 1.29 is 131 Å². The Morgan fingerprint density at radius 3 is 1.07 bits per heavy atom. The van der Waals surface area contributed by atoms with Crippen LogP contribution in [0.25, 0.3) is 66.9 Å². The van der Waals surface area contributed by atoms with Crippen LogP contribution in [-0.4, -0.2) is 250 Å². The van der Waals surface area contributed by atoms with Crippen molar-refractivity contribution in [2.24, 2.45) is 0 Å². The van der Waals surface area contributed by atoms with E-state index in [2.05, 4.69) is 79.7 Å². The van der Waals surface area contributed by atoms with E-state index < -0.39 is 247 Å². The third kappa shape index (κ3) is 20.7. The van der Waals surface area contributed by atoms with Gasteiger partial charge in [0.25, 0.3) is 27.8 Å². The van der Waals surface area contributed by atoms with E-state index in [0.29, 0.717) is 0 Å². The van der Waals surface area contributed by atoms with Gasteiger partial charge in [-0.1, -0.05) is 54.6 Å². The van der Waals surface area contributed by atoms with Gasteiger partial charge >= 0.3 is 44.8 Å². The van der Waals surface area contributed by atoms with E-state index in [-0.39, 0.29) is 112 Å². The summed E-state index contributed by atoms with van der Waals surface area (Å²) in [5.74, 6) is -1.46. The van der Waals surface area contributed by atoms with Crippen LogP contribution >= 0.6 is 39.1 Å². The van der Waals surface area contributed by atoms with Crippen LogP contribution < -0.4 is 62.2 Å². The number of H-pyrrole nitrogens is 5. The molecule has 5 unspecified atom stereocenters. The van der Waals surface area contributed by atoms with E-state index in [1.54, 1.807) is 6.07 Å². The molecule has 11 aromatic heterocycles. The number of aryl methyl sites for hydroxylation is 1. The second-order valence-electron chi connectivity index (χ2n) is 32.5. The number of phosphoric acid groups is 5. The molecule has 61 nitrogen and oxygen atoms in total. The van der Waals surface area contributed by atoms with Crippen LogP contribution in [0.3, 0.4) is 0 Å². The molecule has 0 saturated carbocycles. The van der Waals surface area contributed by atoms with Crippen LogP contribution in [0.1, 0.15) is 87.0 Å². The highest BCUT2D eigenvalue weighted by Gasteiger charge is 2.52. The fourth-order valence-electron chi connectivity index (χ4n) is 16.9. The summed E-state index contributed by atoms with van der Waals surface area (Å²) in [6, 6.07) is 16.8. The number of nitrogens with two attached hydrogens (primary N) is 5. The Morgan fingerprint density at radius 2 is 0.691 bits per heavy atom. The number of aromatic nitrogens is 22.